The molecule has 2 fully saturated rings. The molecule has 2 rings (SSSR count). The smallest absolute Gasteiger partial charge is 0.223 e. The zero-order valence-corrected chi connectivity index (χ0v) is 11.9. The molecule has 7 heteroatoms. The Morgan fingerprint density at radius 1 is 1.16 bits per heavy atom. The van der Waals surface area contributed by atoms with Gasteiger partial charge in [-0.05, 0) is 19.3 Å². The van der Waals surface area contributed by atoms with Crippen LogP contribution >= 0.6 is 0 Å². The van der Waals surface area contributed by atoms with Crippen LogP contribution in [0.3, 0.4) is 0 Å². The summed E-state index contributed by atoms with van der Waals surface area (Å²) in [5, 5.41) is 2.83. The van der Waals surface area contributed by atoms with E-state index in [-0.39, 0.29) is 35.3 Å². The second-order valence-electron chi connectivity index (χ2n) is 5.39. The summed E-state index contributed by atoms with van der Waals surface area (Å²) >= 11 is 0. The Kier molecular flexibility index (Phi) is 4.13. The van der Waals surface area contributed by atoms with Gasteiger partial charge in [0.2, 0.25) is 11.8 Å². The van der Waals surface area contributed by atoms with Gasteiger partial charge in [0.1, 0.15) is 0 Å². The standard InChI is InChI=1S/C12H20N2O4S/c1-9(15)14-5-2-10(3-6-14)12(16)13-11-4-7-19(17,18)8-11/h10-11H,2-8H2,1H3,(H,13,16). The van der Waals surface area contributed by atoms with E-state index in [0.717, 1.165) is 0 Å². The van der Waals surface area contributed by atoms with E-state index < -0.39 is 9.84 Å². The van der Waals surface area contributed by atoms with E-state index in [1.165, 1.54) is 6.92 Å². The van der Waals surface area contributed by atoms with Crippen molar-refractivity contribution >= 4 is 21.7 Å². The van der Waals surface area contributed by atoms with Gasteiger partial charge in [-0.1, -0.05) is 0 Å². The van der Waals surface area contributed by atoms with Crippen LogP contribution in [0.4, 0.5) is 0 Å². The lowest BCUT2D eigenvalue weighted by atomic mass is 9.95. The zero-order valence-electron chi connectivity index (χ0n) is 11.1. The molecule has 0 saturated carbocycles. The van der Waals surface area contributed by atoms with Crippen molar-refractivity contribution in [2.24, 2.45) is 5.92 Å². The first kappa shape index (κ1) is 14.3. The van der Waals surface area contributed by atoms with Gasteiger partial charge in [0.05, 0.1) is 11.5 Å². The van der Waals surface area contributed by atoms with Crippen molar-refractivity contribution in [1.29, 1.82) is 0 Å². The van der Waals surface area contributed by atoms with Crippen LogP contribution in [0.1, 0.15) is 26.2 Å². The summed E-state index contributed by atoms with van der Waals surface area (Å²) in [5.74, 6) is 0.108. The molecule has 0 bridgehead atoms. The molecule has 2 aliphatic rings. The van der Waals surface area contributed by atoms with E-state index in [1.54, 1.807) is 4.90 Å². The largest absolute Gasteiger partial charge is 0.352 e. The average Bonchev–Trinajstić information content (AvgIpc) is 2.68. The lowest BCUT2D eigenvalue weighted by Crippen LogP contribution is -2.45. The van der Waals surface area contributed by atoms with Crippen LogP contribution in [-0.4, -0.2) is 55.8 Å². The Hall–Kier alpha value is -1.11. The third-order valence-electron chi connectivity index (χ3n) is 3.89. The lowest BCUT2D eigenvalue weighted by molar-refractivity contribution is -0.134. The molecule has 2 heterocycles. The number of carbonyl (C=O) groups excluding carboxylic acids is 2. The second-order valence-corrected chi connectivity index (χ2v) is 7.62. The summed E-state index contributed by atoms with van der Waals surface area (Å²) in [6, 6.07) is -0.233. The van der Waals surface area contributed by atoms with Crippen molar-refractivity contribution in [2.45, 2.75) is 32.2 Å². The van der Waals surface area contributed by atoms with Crippen LogP contribution in [0.5, 0.6) is 0 Å². The number of sulfone groups is 1. The van der Waals surface area contributed by atoms with E-state index in [4.69, 9.17) is 0 Å². The van der Waals surface area contributed by atoms with Crippen molar-refractivity contribution in [1.82, 2.24) is 10.2 Å². The van der Waals surface area contributed by atoms with Crippen LogP contribution in [0, 0.1) is 5.92 Å². The molecule has 2 amide bonds. The minimum Gasteiger partial charge on any atom is -0.352 e. The number of hydrogen-bond donors (Lipinski definition) is 1. The van der Waals surface area contributed by atoms with Gasteiger partial charge in [-0.3, -0.25) is 9.59 Å². The lowest BCUT2D eigenvalue weighted by Gasteiger charge is -2.31. The van der Waals surface area contributed by atoms with Gasteiger partial charge in [0.25, 0.3) is 0 Å². The molecular weight excluding hydrogens is 268 g/mol. The first-order valence-corrected chi connectivity index (χ1v) is 8.46. The fraction of sp³-hybridized carbons (Fsp3) is 0.833. The maximum absolute atomic E-state index is 12.0. The molecule has 2 aliphatic heterocycles. The van der Waals surface area contributed by atoms with Crippen LogP contribution in [0.2, 0.25) is 0 Å². The highest BCUT2D eigenvalue weighted by atomic mass is 32.2. The van der Waals surface area contributed by atoms with E-state index in [9.17, 15) is 18.0 Å². The third-order valence-corrected chi connectivity index (χ3v) is 5.66. The highest BCUT2D eigenvalue weighted by Crippen LogP contribution is 2.19. The summed E-state index contributed by atoms with van der Waals surface area (Å²) < 4.78 is 22.6. The fourth-order valence-corrected chi connectivity index (χ4v) is 4.36. The van der Waals surface area contributed by atoms with Crippen LogP contribution in [0.25, 0.3) is 0 Å². The molecule has 0 aromatic heterocycles. The third kappa shape index (κ3) is 3.68. The van der Waals surface area contributed by atoms with Crippen molar-refractivity contribution in [3.63, 3.8) is 0 Å². The Balaban J connectivity index is 1.81. The molecule has 6 nitrogen and oxygen atoms in total. The van der Waals surface area contributed by atoms with Crippen molar-refractivity contribution in [2.75, 3.05) is 24.6 Å². The molecule has 0 aliphatic carbocycles. The van der Waals surface area contributed by atoms with E-state index >= 15 is 0 Å². The molecule has 0 aromatic rings. The summed E-state index contributed by atoms with van der Waals surface area (Å²) in [5.41, 5.74) is 0. The summed E-state index contributed by atoms with van der Waals surface area (Å²) in [4.78, 5) is 25.0. The Morgan fingerprint density at radius 3 is 2.26 bits per heavy atom. The molecule has 19 heavy (non-hydrogen) atoms. The summed E-state index contributed by atoms with van der Waals surface area (Å²) in [7, 11) is -2.96. The molecule has 0 spiro atoms. The number of carbonyl (C=O) groups is 2. The zero-order chi connectivity index (χ0) is 14.0. The van der Waals surface area contributed by atoms with Crippen LogP contribution in [-0.2, 0) is 19.4 Å². The molecule has 1 unspecified atom stereocenters. The van der Waals surface area contributed by atoms with E-state index in [2.05, 4.69) is 5.32 Å². The first-order valence-electron chi connectivity index (χ1n) is 6.64. The molecule has 1 N–H and O–H groups in total. The maximum Gasteiger partial charge on any atom is 0.223 e. The van der Waals surface area contributed by atoms with Crippen LogP contribution < -0.4 is 5.32 Å². The Bertz CT molecular complexity index is 466. The van der Waals surface area contributed by atoms with Gasteiger partial charge < -0.3 is 10.2 Å². The number of rotatable bonds is 2. The van der Waals surface area contributed by atoms with E-state index in [0.29, 0.717) is 32.4 Å². The van der Waals surface area contributed by atoms with Gasteiger partial charge in [-0.25, -0.2) is 8.42 Å². The van der Waals surface area contributed by atoms with Gasteiger partial charge in [0.15, 0.2) is 9.84 Å². The highest BCUT2D eigenvalue weighted by molar-refractivity contribution is 7.91. The predicted molar refractivity (Wildman–Crippen MR) is 70.2 cm³/mol. The minimum atomic E-state index is -2.96. The molecule has 108 valence electrons. The number of likely N-dealkylation sites (tertiary alicyclic amines) is 1. The summed E-state index contributed by atoms with van der Waals surface area (Å²) in [6.07, 6.45) is 1.83. The number of piperidine rings is 1. The summed E-state index contributed by atoms with van der Waals surface area (Å²) in [6.45, 7) is 2.75. The molecular formula is C12H20N2O4S. The van der Waals surface area contributed by atoms with Crippen molar-refractivity contribution in [3.8, 4) is 0 Å². The Labute approximate surface area is 113 Å². The number of nitrogens with one attached hydrogen (secondary N) is 1. The normalized spacial score (nSPS) is 27.2. The minimum absolute atomic E-state index is 0.0424. The number of hydrogen-bond acceptors (Lipinski definition) is 4. The molecule has 0 aromatic carbocycles. The van der Waals surface area contributed by atoms with Gasteiger partial charge >= 0.3 is 0 Å². The quantitative estimate of drug-likeness (QED) is 0.746. The SMILES string of the molecule is CC(=O)N1CCC(C(=O)NC2CCS(=O)(=O)C2)CC1. The topological polar surface area (TPSA) is 83.6 Å². The van der Waals surface area contributed by atoms with Gasteiger partial charge in [0, 0.05) is 32.0 Å². The fourth-order valence-electron chi connectivity index (χ4n) is 2.68. The molecule has 1 atom stereocenters. The number of nitrogens with zero attached hydrogens (tertiary/aromatic N) is 1. The van der Waals surface area contributed by atoms with E-state index in [1.807, 2.05) is 0 Å². The van der Waals surface area contributed by atoms with Crippen LogP contribution in [0.15, 0.2) is 0 Å². The van der Waals surface area contributed by atoms with Crippen molar-refractivity contribution in [3.05, 3.63) is 0 Å². The Morgan fingerprint density at radius 2 is 1.79 bits per heavy atom. The van der Waals surface area contributed by atoms with Gasteiger partial charge in [-0.15, -0.1) is 0 Å². The average molecular weight is 288 g/mol. The van der Waals surface area contributed by atoms with Crippen molar-refractivity contribution < 1.29 is 18.0 Å². The second kappa shape index (κ2) is 5.48. The number of amides is 2. The monoisotopic (exact) mass is 288 g/mol. The maximum atomic E-state index is 12.0. The molecule has 2 saturated heterocycles. The highest BCUT2D eigenvalue weighted by Gasteiger charge is 2.32. The predicted octanol–water partition coefficient (Wildman–Crippen LogP) is -0.452. The first-order chi connectivity index (χ1) is 8.87. The molecule has 0 radical (unpaired) electrons. The van der Waals surface area contributed by atoms with Gasteiger partial charge in [-0.2, -0.15) is 0 Å².